The maximum atomic E-state index is 2.71. The van der Waals surface area contributed by atoms with Gasteiger partial charge in [0.05, 0.1) is 8.07 Å². The molecule has 6 atom stereocenters. The van der Waals surface area contributed by atoms with Gasteiger partial charge in [0.2, 0.25) is 0 Å². The Morgan fingerprint density at radius 2 is 1.22 bits per heavy atom. The lowest BCUT2D eigenvalue weighted by Crippen LogP contribution is -2.37. The number of anilines is 2. The number of allylic oxidation sites excluding steroid dienone is 1. The molecule has 1 aliphatic heterocycles. The average molecular weight is 971 g/mol. The van der Waals surface area contributed by atoms with E-state index in [4.69, 9.17) is 0 Å². The minimum Gasteiger partial charge on any atom is -0.338 e. The molecule has 0 bridgehead atoms. The van der Waals surface area contributed by atoms with Gasteiger partial charge < -0.3 is 4.90 Å². The van der Waals surface area contributed by atoms with E-state index in [1.807, 2.05) is 0 Å². The predicted octanol–water partition coefficient (Wildman–Crippen LogP) is 18.2. The fraction of sp³-hybridized carbons (Fsp3) is 0.304. The molecule has 2 fully saturated rings. The molecule has 2 saturated carbocycles. The van der Waals surface area contributed by atoms with Crippen LogP contribution in [-0.4, -0.2) is 22.2 Å². The van der Waals surface area contributed by atoms with Crippen molar-refractivity contribution in [2.24, 2.45) is 5.92 Å². The van der Waals surface area contributed by atoms with Gasteiger partial charge in [0.1, 0.15) is 0 Å². The van der Waals surface area contributed by atoms with Gasteiger partial charge in [-0.05, 0) is 170 Å². The average Bonchev–Trinajstić information content (AvgIpc) is 4.19. The molecule has 5 aliphatic rings. The zero-order valence-electron chi connectivity index (χ0n) is 43.5. The lowest BCUT2D eigenvalue weighted by Gasteiger charge is -2.29. The highest BCUT2D eigenvalue weighted by Crippen LogP contribution is 2.57. The van der Waals surface area contributed by atoms with Crippen LogP contribution in [0.5, 0.6) is 0 Å². The Hall–Kier alpha value is -6.01. The largest absolute Gasteiger partial charge is 0.338 e. The molecule has 0 amide bonds. The Labute approximate surface area is 432 Å². The van der Waals surface area contributed by atoms with Crippen molar-refractivity contribution >= 4 is 49.6 Å². The van der Waals surface area contributed by atoms with Crippen molar-refractivity contribution in [3.8, 4) is 33.4 Å². The Bertz CT molecular complexity index is 3370. The maximum absolute atomic E-state index is 2.71. The second-order valence-corrected chi connectivity index (χ2v) is 35.4. The van der Waals surface area contributed by atoms with E-state index in [0.29, 0.717) is 23.8 Å². The Kier molecular flexibility index (Phi) is 11.4. The van der Waals surface area contributed by atoms with Gasteiger partial charge in [-0.3, -0.25) is 0 Å². The first-order valence-corrected chi connectivity index (χ1v) is 34.8. The summed E-state index contributed by atoms with van der Waals surface area (Å²) in [6.07, 6.45) is 15.0. The van der Waals surface area contributed by atoms with E-state index >= 15 is 0 Å². The van der Waals surface area contributed by atoms with Crippen molar-refractivity contribution in [2.75, 3.05) is 4.90 Å². The normalized spacial score (nSPS) is 21.9. The van der Waals surface area contributed by atoms with E-state index in [0.717, 1.165) is 24.7 Å². The third kappa shape index (κ3) is 8.11. The topological polar surface area (TPSA) is 3.24 Å². The van der Waals surface area contributed by atoms with Crippen molar-refractivity contribution in [3.63, 3.8) is 0 Å². The van der Waals surface area contributed by atoms with Gasteiger partial charge in [0.25, 0.3) is 0 Å². The first-order valence-electron chi connectivity index (χ1n) is 27.6. The molecule has 6 unspecified atom stereocenters. The number of rotatable bonds is 10. The SMILES string of the molecule is C[Si](C)(C)Cc1ccc2c(c1)C1CCCC1C2Cc1ccc(-c2c3c(c(-c4ccc(N5c6ccc([Si](C)(C)C)cc6C6CCCC65)cc4)c4cc(-c5ccccc5)ccc24)C=CC(c2ccccc2)C3)cc1. The Balaban J connectivity index is 0.925. The van der Waals surface area contributed by atoms with Gasteiger partial charge in [0, 0.05) is 37.3 Å². The van der Waals surface area contributed by atoms with Gasteiger partial charge in [-0.2, -0.15) is 0 Å². The van der Waals surface area contributed by atoms with E-state index in [-0.39, 0.29) is 0 Å². The lowest BCUT2D eigenvalue weighted by atomic mass is 9.76. The van der Waals surface area contributed by atoms with Crippen molar-refractivity contribution in [3.05, 3.63) is 214 Å². The van der Waals surface area contributed by atoms with E-state index < -0.39 is 16.1 Å². The third-order valence-electron chi connectivity index (χ3n) is 18.0. The number of fused-ring (bicyclic) bond motifs is 8. The van der Waals surface area contributed by atoms with Crippen LogP contribution < -0.4 is 10.1 Å². The smallest absolute Gasteiger partial charge is 0.0776 e. The summed E-state index contributed by atoms with van der Waals surface area (Å²) in [6, 6.07) is 66.3. The predicted molar refractivity (Wildman–Crippen MR) is 314 cm³/mol. The molecule has 360 valence electrons. The molecule has 0 aromatic heterocycles. The molecule has 72 heavy (non-hydrogen) atoms. The molecule has 0 spiro atoms. The Morgan fingerprint density at radius 3 is 1.99 bits per heavy atom. The molecule has 3 heteroatoms. The molecule has 0 saturated heterocycles. The van der Waals surface area contributed by atoms with Gasteiger partial charge >= 0.3 is 0 Å². The van der Waals surface area contributed by atoms with Crippen LogP contribution in [0.15, 0.2) is 170 Å². The molecule has 1 heterocycles. The van der Waals surface area contributed by atoms with Crippen LogP contribution in [-0.2, 0) is 18.9 Å². The Morgan fingerprint density at radius 1 is 0.528 bits per heavy atom. The van der Waals surface area contributed by atoms with Crippen molar-refractivity contribution in [1.82, 2.24) is 0 Å². The van der Waals surface area contributed by atoms with Crippen LogP contribution in [0.1, 0.15) is 107 Å². The summed E-state index contributed by atoms with van der Waals surface area (Å²) in [6.45, 7) is 15.0. The number of hydrogen-bond donors (Lipinski definition) is 0. The maximum Gasteiger partial charge on any atom is 0.0776 e. The number of hydrogen-bond acceptors (Lipinski definition) is 1. The summed E-state index contributed by atoms with van der Waals surface area (Å²) in [5.74, 6) is 3.05. The van der Waals surface area contributed by atoms with Crippen LogP contribution in [0.2, 0.25) is 39.3 Å². The van der Waals surface area contributed by atoms with E-state index in [9.17, 15) is 0 Å². The molecule has 4 aliphatic carbocycles. The first kappa shape index (κ1) is 45.8. The highest BCUT2D eigenvalue weighted by molar-refractivity contribution is 6.88. The summed E-state index contributed by atoms with van der Waals surface area (Å²) >= 11 is 0. The molecule has 13 rings (SSSR count). The summed E-state index contributed by atoms with van der Waals surface area (Å²) in [4.78, 5) is 2.71. The third-order valence-corrected chi connectivity index (χ3v) is 21.5. The van der Waals surface area contributed by atoms with Crippen molar-refractivity contribution in [2.45, 2.75) is 126 Å². The zero-order chi connectivity index (χ0) is 48.9. The molecular formula is C69H71NSi2. The lowest BCUT2D eigenvalue weighted by molar-refractivity contribution is 0.431. The minimum absolute atomic E-state index is 0.303. The second kappa shape index (κ2) is 17.9. The van der Waals surface area contributed by atoms with Crippen LogP contribution in [0.3, 0.4) is 0 Å². The highest BCUT2D eigenvalue weighted by atomic mass is 28.3. The molecule has 8 aromatic carbocycles. The minimum atomic E-state index is -1.43. The summed E-state index contributed by atoms with van der Waals surface area (Å²) in [5.41, 5.74) is 22.8. The highest BCUT2D eigenvalue weighted by Gasteiger charge is 2.44. The van der Waals surface area contributed by atoms with Crippen LogP contribution in [0.25, 0.3) is 50.2 Å². The summed E-state index contributed by atoms with van der Waals surface area (Å²) in [7, 11) is -2.62. The number of nitrogens with zero attached hydrogens (tertiary/aromatic N) is 1. The summed E-state index contributed by atoms with van der Waals surface area (Å²) in [5, 5.41) is 4.26. The van der Waals surface area contributed by atoms with Crippen LogP contribution in [0, 0.1) is 5.92 Å². The fourth-order valence-electron chi connectivity index (χ4n) is 14.7. The standard InChI is InChI=1S/C69H71NSi2/c1-71(2,3)44-46-25-35-57-61(55-19-13-20-56(55)62(57)40-46)39-45-23-26-49(27-24-45)68-59-36-30-52(48-17-11-8-12-18-48)42-65(59)69(60-37-31-51(41-64(60)68)47-15-9-7-10-16-47)50-28-32-53(33-29-50)70-66-22-14-21-58(66)63-43-54(72(4,5)6)34-38-67(63)70/h7-12,15-18,23-38,40,42-43,51,55-56,58,61,66H,13-14,19-22,39,41,44H2,1-6H3. The monoisotopic (exact) mass is 970 g/mol. The molecule has 0 N–H and O–H groups in total. The van der Waals surface area contributed by atoms with Crippen LogP contribution in [0.4, 0.5) is 11.4 Å². The zero-order valence-corrected chi connectivity index (χ0v) is 45.5. The quantitative estimate of drug-likeness (QED) is 0.123. The van der Waals surface area contributed by atoms with E-state index in [1.165, 1.54) is 122 Å². The van der Waals surface area contributed by atoms with E-state index in [1.54, 1.807) is 27.4 Å². The van der Waals surface area contributed by atoms with Gasteiger partial charge in [-0.1, -0.05) is 215 Å². The van der Waals surface area contributed by atoms with Gasteiger partial charge in [0.15, 0.2) is 0 Å². The molecule has 1 nitrogen and oxygen atoms in total. The van der Waals surface area contributed by atoms with E-state index in [2.05, 4.69) is 220 Å². The summed E-state index contributed by atoms with van der Waals surface area (Å²) < 4.78 is 0. The fourth-order valence-corrected chi connectivity index (χ4v) is 17.3. The van der Waals surface area contributed by atoms with Crippen LogP contribution >= 0.6 is 0 Å². The van der Waals surface area contributed by atoms with Crippen molar-refractivity contribution in [1.29, 1.82) is 0 Å². The second-order valence-electron chi connectivity index (χ2n) is 24.8. The van der Waals surface area contributed by atoms with Gasteiger partial charge in [-0.15, -0.1) is 0 Å². The van der Waals surface area contributed by atoms with Crippen molar-refractivity contribution < 1.29 is 0 Å². The molecular weight excluding hydrogens is 899 g/mol. The molecule has 0 radical (unpaired) electrons. The number of benzene rings is 8. The first-order chi connectivity index (χ1) is 34.9. The van der Waals surface area contributed by atoms with Gasteiger partial charge in [-0.25, -0.2) is 0 Å². The molecule has 8 aromatic rings.